The minimum atomic E-state index is -4.43. The van der Waals surface area contributed by atoms with Gasteiger partial charge in [0.25, 0.3) is 0 Å². The van der Waals surface area contributed by atoms with Gasteiger partial charge in [-0.2, -0.15) is 13.2 Å². The molecule has 1 aliphatic heterocycles. The summed E-state index contributed by atoms with van der Waals surface area (Å²) in [4.78, 5) is 9.16. The summed E-state index contributed by atoms with van der Waals surface area (Å²) in [7, 11) is 0. The molecule has 2 aliphatic rings. The van der Waals surface area contributed by atoms with E-state index in [1.165, 1.54) is 0 Å². The van der Waals surface area contributed by atoms with Crippen molar-refractivity contribution in [3.63, 3.8) is 0 Å². The summed E-state index contributed by atoms with van der Waals surface area (Å²) in [6, 6.07) is 1.20. The van der Waals surface area contributed by atoms with E-state index in [0.717, 1.165) is 25.2 Å². The van der Waals surface area contributed by atoms with E-state index in [1.54, 1.807) is 0 Å². The summed E-state index contributed by atoms with van der Waals surface area (Å²) in [5, 5.41) is 0. The molecule has 0 amide bonds. The van der Waals surface area contributed by atoms with Crippen molar-refractivity contribution >= 4 is 5.82 Å². The topological polar surface area (TPSA) is 55.0 Å². The Balaban J connectivity index is 1.84. The molecule has 2 atom stereocenters. The number of hydrogen-bond acceptors (Lipinski definition) is 4. The molecule has 7 heteroatoms. The summed E-state index contributed by atoms with van der Waals surface area (Å²) in [5.74, 6) is 1.08. The monoisotopic (exact) mass is 272 g/mol. The number of alkyl halides is 3. The van der Waals surface area contributed by atoms with Gasteiger partial charge in [-0.15, -0.1) is 0 Å². The second kappa shape index (κ2) is 4.33. The molecule has 3 rings (SSSR count). The first-order valence-electron chi connectivity index (χ1n) is 6.35. The second-order valence-corrected chi connectivity index (χ2v) is 5.34. The van der Waals surface area contributed by atoms with E-state index >= 15 is 0 Å². The fourth-order valence-corrected chi connectivity index (χ4v) is 3.13. The van der Waals surface area contributed by atoms with Gasteiger partial charge in [0.2, 0.25) is 0 Å². The molecular weight excluding hydrogens is 257 g/mol. The maximum absolute atomic E-state index is 12.6. The van der Waals surface area contributed by atoms with Crippen molar-refractivity contribution in [2.45, 2.75) is 25.1 Å². The molecule has 2 unspecified atom stereocenters. The molecule has 1 aromatic rings. The average Bonchev–Trinajstić information content (AvgIpc) is 2.61. The van der Waals surface area contributed by atoms with E-state index in [-0.39, 0.29) is 6.04 Å². The van der Waals surface area contributed by atoms with Gasteiger partial charge in [0.1, 0.15) is 17.8 Å². The summed E-state index contributed by atoms with van der Waals surface area (Å²) in [5.41, 5.74) is 5.20. The van der Waals surface area contributed by atoms with Gasteiger partial charge in [0.15, 0.2) is 0 Å². The molecule has 1 aliphatic carbocycles. The van der Waals surface area contributed by atoms with E-state index in [0.29, 0.717) is 30.7 Å². The Morgan fingerprint density at radius 3 is 2.37 bits per heavy atom. The number of hydrogen-bond donors (Lipinski definition) is 1. The van der Waals surface area contributed by atoms with Gasteiger partial charge in [0.05, 0.1) is 0 Å². The Labute approximate surface area is 108 Å². The Kier molecular flexibility index (Phi) is 2.88. The zero-order chi connectivity index (χ0) is 13.6. The lowest BCUT2D eigenvalue weighted by Gasteiger charge is -2.36. The fourth-order valence-electron chi connectivity index (χ4n) is 3.13. The predicted molar refractivity (Wildman–Crippen MR) is 63.4 cm³/mol. The smallest absolute Gasteiger partial charge is 0.356 e. The first-order chi connectivity index (χ1) is 8.95. The third kappa shape index (κ3) is 2.27. The van der Waals surface area contributed by atoms with E-state index in [1.807, 2.05) is 4.90 Å². The maximum Gasteiger partial charge on any atom is 0.433 e. The summed E-state index contributed by atoms with van der Waals surface area (Å²) in [6.07, 6.45) is -1.34. The van der Waals surface area contributed by atoms with Crippen molar-refractivity contribution in [2.24, 2.45) is 17.6 Å². The maximum atomic E-state index is 12.6. The molecule has 2 fully saturated rings. The van der Waals surface area contributed by atoms with E-state index in [2.05, 4.69) is 9.97 Å². The normalized spacial score (nSPS) is 30.7. The van der Waals surface area contributed by atoms with Crippen molar-refractivity contribution in [3.05, 3.63) is 18.1 Å². The van der Waals surface area contributed by atoms with Gasteiger partial charge in [-0.25, -0.2) is 9.97 Å². The largest absolute Gasteiger partial charge is 0.433 e. The molecule has 2 N–H and O–H groups in total. The van der Waals surface area contributed by atoms with Crippen LogP contribution < -0.4 is 10.6 Å². The zero-order valence-electron chi connectivity index (χ0n) is 10.3. The van der Waals surface area contributed by atoms with Crippen LogP contribution in [0.25, 0.3) is 0 Å². The number of rotatable bonds is 1. The van der Waals surface area contributed by atoms with Crippen molar-refractivity contribution in [1.82, 2.24) is 9.97 Å². The van der Waals surface area contributed by atoms with Gasteiger partial charge in [-0.1, -0.05) is 0 Å². The third-order valence-corrected chi connectivity index (χ3v) is 4.17. The molecule has 2 bridgehead atoms. The summed E-state index contributed by atoms with van der Waals surface area (Å²) in [6.45, 7) is 1.37. The molecule has 1 saturated carbocycles. The standard InChI is InChI=1S/C12H15F3N4/c13-12(14,15)9-3-10(18-6-17-9)19-4-7-1-2-8(5-19)11(7)16/h3,6-8,11H,1-2,4-5,16H2. The number of nitrogens with zero attached hydrogens (tertiary/aromatic N) is 3. The SMILES string of the molecule is NC1C2CCC1CN(c1cc(C(F)(F)F)ncn1)C2. The van der Waals surface area contributed by atoms with Gasteiger partial charge in [0, 0.05) is 25.2 Å². The molecule has 0 aromatic carbocycles. The number of anilines is 1. The molecule has 0 spiro atoms. The number of halogens is 3. The number of aromatic nitrogens is 2. The van der Waals surface area contributed by atoms with Crippen LogP contribution in [0.3, 0.4) is 0 Å². The van der Waals surface area contributed by atoms with Crippen molar-refractivity contribution < 1.29 is 13.2 Å². The van der Waals surface area contributed by atoms with Crippen molar-refractivity contribution in [2.75, 3.05) is 18.0 Å². The number of fused-ring (bicyclic) bond motifs is 2. The molecule has 104 valence electrons. The van der Waals surface area contributed by atoms with Gasteiger partial charge < -0.3 is 10.6 Å². The molecule has 4 nitrogen and oxygen atoms in total. The molecule has 19 heavy (non-hydrogen) atoms. The molecule has 1 aromatic heterocycles. The first kappa shape index (κ1) is 12.7. The van der Waals surface area contributed by atoms with Crippen LogP contribution in [0, 0.1) is 11.8 Å². The quantitative estimate of drug-likeness (QED) is 0.845. The van der Waals surface area contributed by atoms with Crippen LogP contribution >= 0.6 is 0 Å². The highest BCUT2D eigenvalue weighted by Crippen LogP contribution is 2.37. The van der Waals surface area contributed by atoms with Gasteiger partial charge >= 0.3 is 6.18 Å². The van der Waals surface area contributed by atoms with E-state index in [9.17, 15) is 13.2 Å². The van der Waals surface area contributed by atoms with Gasteiger partial charge in [-0.3, -0.25) is 0 Å². The van der Waals surface area contributed by atoms with E-state index < -0.39 is 11.9 Å². The predicted octanol–water partition coefficient (Wildman–Crippen LogP) is 1.67. The van der Waals surface area contributed by atoms with Crippen molar-refractivity contribution in [1.29, 1.82) is 0 Å². The fraction of sp³-hybridized carbons (Fsp3) is 0.667. The molecule has 0 radical (unpaired) electrons. The van der Waals surface area contributed by atoms with Crippen LogP contribution in [0.2, 0.25) is 0 Å². The summed E-state index contributed by atoms with van der Waals surface area (Å²) >= 11 is 0. The number of piperidine rings is 1. The lowest BCUT2D eigenvalue weighted by atomic mass is 9.93. The van der Waals surface area contributed by atoms with Crippen LogP contribution in [0.1, 0.15) is 18.5 Å². The Morgan fingerprint density at radius 2 is 1.79 bits per heavy atom. The lowest BCUT2D eigenvalue weighted by Crippen LogP contribution is -2.49. The highest BCUT2D eigenvalue weighted by Gasteiger charge is 2.41. The highest BCUT2D eigenvalue weighted by molar-refractivity contribution is 5.41. The van der Waals surface area contributed by atoms with Crippen LogP contribution in [-0.2, 0) is 6.18 Å². The number of nitrogens with two attached hydrogens (primary N) is 1. The first-order valence-corrected chi connectivity index (χ1v) is 6.35. The minimum Gasteiger partial charge on any atom is -0.356 e. The minimum absolute atomic E-state index is 0.181. The van der Waals surface area contributed by atoms with Crippen LogP contribution in [0.15, 0.2) is 12.4 Å². The van der Waals surface area contributed by atoms with Crippen LogP contribution in [0.4, 0.5) is 19.0 Å². The molecule has 1 saturated heterocycles. The Morgan fingerprint density at radius 1 is 1.16 bits per heavy atom. The zero-order valence-corrected chi connectivity index (χ0v) is 10.3. The Hall–Kier alpha value is -1.37. The molecular formula is C12H15F3N4. The Bertz CT molecular complexity index is 462. The van der Waals surface area contributed by atoms with Crippen molar-refractivity contribution in [3.8, 4) is 0 Å². The van der Waals surface area contributed by atoms with Crippen LogP contribution in [-0.4, -0.2) is 29.1 Å². The van der Waals surface area contributed by atoms with Gasteiger partial charge in [-0.05, 0) is 24.7 Å². The second-order valence-electron chi connectivity index (χ2n) is 5.34. The average molecular weight is 272 g/mol. The third-order valence-electron chi connectivity index (χ3n) is 4.17. The van der Waals surface area contributed by atoms with E-state index in [4.69, 9.17) is 5.73 Å². The summed E-state index contributed by atoms with van der Waals surface area (Å²) < 4.78 is 37.9. The highest BCUT2D eigenvalue weighted by atomic mass is 19.4. The van der Waals surface area contributed by atoms with Crippen LogP contribution in [0.5, 0.6) is 0 Å². The lowest BCUT2D eigenvalue weighted by molar-refractivity contribution is -0.141. The molecule has 2 heterocycles.